The van der Waals surface area contributed by atoms with Crippen LogP contribution in [0.4, 0.5) is 0 Å². The number of carboxylic acids is 1. The van der Waals surface area contributed by atoms with Gasteiger partial charge in [-0.2, -0.15) is 0 Å². The Hall–Kier alpha value is -0.830. The number of unbranched alkanes of at least 4 members (excludes halogenated alkanes) is 9. The van der Waals surface area contributed by atoms with Gasteiger partial charge >= 0.3 is 5.97 Å². The number of aliphatic hydroxyl groups is 1. The highest BCUT2D eigenvalue weighted by Gasteiger charge is 1.99. The first kappa shape index (κ1) is 20.2. The van der Waals surface area contributed by atoms with Gasteiger partial charge in [0, 0.05) is 6.42 Å². The van der Waals surface area contributed by atoms with Gasteiger partial charge in [0.05, 0.1) is 6.10 Å². The Morgan fingerprint density at radius 1 is 0.952 bits per heavy atom. The molecule has 124 valence electrons. The molecule has 0 radical (unpaired) electrons. The molecule has 0 bridgehead atoms. The van der Waals surface area contributed by atoms with Gasteiger partial charge in [0.2, 0.25) is 0 Å². The minimum absolute atomic E-state index is 0.285. The summed E-state index contributed by atoms with van der Waals surface area (Å²) in [5, 5.41) is 18.3. The molecule has 0 aliphatic heterocycles. The van der Waals surface area contributed by atoms with E-state index in [2.05, 4.69) is 13.0 Å². The first-order chi connectivity index (χ1) is 10.2. The van der Waals surface area contributed by atoms with Gasteiger partial charge in [0.1, 0.15) is 0 Å². The summed E-state index contributed by atoms with van der Waals surface area (Å²) in [4.78, 5) is 10.3. The monoisotopic (exact) mass is 298 g/mol. The molecular formula is C18H34O3. The van der Waals surface area contributed by atoms with E-state index in [0.29, 0.717) is 0 Å². The maximum atomic E-state index is 10.3. The molecule has 0 saturated heterocycles. The van der Waals surface area contributed by atoms with Gasteiger partial charge < -0.3 is 10.2 Å². The molecule has 21 heavy (non-hydrogen) atoms. The van der Waals surface area contributed by atoms with Gasteiger partial charge in [-0.3, -0.25) is 4.79 Å². The van der Waals surface area contributed by atoms with E-state index in [-0.39, 0.29) is 12.5 Å². The van der Waals surface area contributed by atoms with Crippen molar-refractivity contribution in [1.29, 1.82) is 0 Å². The second-order valence-corrected chi connectivity index (χ2v) is 5.90. The minimum atomic E-state index is -0.701. The number of hydrogen-bond donors (Lipinski definition) is 2. The molecule has 0 unspecified atom stereocenters. The quantitative estimate of drug-likeness (QED) is 0.327. The van der Waals surface area contributed by atoms with Crippen LogP contribution in [0.25, 0.3) is 0 Å². The molecule has 0 aliphatic rings. The maximum Gasteiger partial charge on any atom is 0.303 e. The van der Waals surface area contributed by atoms with Crippen LogP contribution < -0.4 is 0 Å². The lowest BCUT2D eigenvalue weighted by Crippen LogP contribution is -2.01. The van der Waals surface area contributed by atoms with Crippen LogP contribution in [0.15, 0.2) is 12.2 Å². The molecule has 0 saturated carbocycles. The third kappa shape index (κ3) is 17.1. The Morgan fingerprint density at radius 2 is 1.57 bits per heavy atom. The van der Waals surface area contributed by atoms with Gasteiger partial charge in [-0.1, -0.05) is 70.4 Å². The van der Waals surface area contributed by atoms with Crippen molar-refractivity contribution >= 4 is 5.97 Å². The van der Waals surface area contributed by atoms with Crippen molar-refractivity contribution in [3.05, 3.63) is 12.2 Å². The van der Waals surface area contributed by atoms with E-state index in [1.165, 1.54) is 32.1 Å². The number of aliphatic carboxylic acids is 1. The summed E-state index contributed by atoms with van der Waals surface area (Å²) < 4.78 is 0. The zero-order chi connectivity index (χ0) is 15.8. The number of carboxylic acid groups (broad SMARTS) is 1. The van der Waals surface area contributed by atoms with Crippen LogP contribution in [-0.4, -0.2) is 22.3 Å². The lowest BCUT2D eigenvalue weighted by atomic mass is 10.1. The number of allylic oxidation sites excluding steroid dienone is 1. The Bertz CT molecular complexity index is 261. The second-order valence-electron chi connectivity index (χ2n) is 5.90. The molecule has 0 aromatic heterocycles. The van der Waals surface area contributed by atoms with Crippen molar-refractivity contribution in [2.45, 2.75) is 96.5 Å². The average molecular weight is 298 g/mol. The van der Waals surface area contributed by atoms with Crippen molar-refractivity contribution in [2.75, 3.05) is 0 Å². The van der Waals surface area contributed by atoms with Crippen LogP contribution in [0.1, 0.15) is 90.4 Å². The summed E-state index contributed by atoms with van der Waals surface area (Å²) >= 11 is 0. The standard InChI is InChI=1S/C18H34O3/c1-2-3-4-5-8-11-14-17(19)15-12-9-6-7-10-13-16-18(20)21/h12,15,17,19H,2-11,13-14,16H2,1H3,(H,20,21)/b15-12+/t17-/m1/s1. The summed E-state index contributed by atoms with van der Waals surface area (Å²) in [6.45, 7) is 2.22. The molecule has 0 aromatic carbocycles. The minimum Gasteiger partial charge on any atom is -0.481 e. The summed E-state index contributed by atoms with van der Waals surface area (Å²) in [6.07, 6.45) is 17.3. The molecule has 1 atom stereocenters. The number of carbonyl (C=O) groups is 1. The highest BCUT2D eigenvalue weighted by molar-refractivity contribution is 5.66. The highest BCUT2D eigenvalue weighted by Crippen LogP contribution is 2.10. The molecule has 2 N–H and O–H groups in total. The molecule has 3 heteroatoms. The number of rotatable bonds is 15. The largest absolute Gasteiger partial charge is 0.481 e. The molecule has 3 nitrogen and oxygen atoms in total. The van der Waals surface area contributed by atoms with Gasteiger partial charge in [-0.15, -0.1) is 0 Å². The zero-order valence-electron chi connectivity index (χ0n) is 13.7. The van der Waals surface area contributed by atoms with E-state index >= 15 is 0 Å². The summed E-state index contributed by atoms with van der Waals surface area (Å²) in [5.74, 6) is -0.701. The Morgan fingerprint density at radius 3 is 2.29 bits per heavy atom. The van der Waals surface area contributed by atoms with E-state index in [1.54, 1.807) is 0 Å². The Labute approximate surface area is 130 Å². The summed E-state index contributed by atoms with van der Waals surface area (Å²) in [7, 11) is 0. The lowest BCUT2D eigenvalue weighted by Gasteiger charge is -2.05. The molecule has 0 heterocycles. The lowest BCUT2D eigenvalue weighted by molar-refractivity contribution is -0.137. The third-order valence-corrected chi connectivity index (χ3v) is 3.72. The smallest absolute Gasteiger partial charge is 0.303 e. The second kappa shape index (κ2) is 15.6. The predicted octanol–water partition coefficient (Wildman–Crippen LogP) is 5.08. The van der Waals surface area contributed by atoms with E-state index in [0.717, 1.165) is 44.9 Å². The highest BCUT2D eigenvalue weighted by atomic mass is 16.4. The normalized spacial score (nSPS) is 12.9. The third-order valence-electron chi connectivity index (χ3n) is 3.72. The van der Waals surface area contributed by atoms with Crippen LogP contribution >= 0.6 is 0 Å². The van der Waals surface area contributed by atoms with Gasteiger partial charge in [0.25, 0.3) is 0 Å². The SMILES string of the molecule is CCCCCCCC[C@@H](O)/C=C/CCCCCCC(=O)O. The Balaban J connectivity index is 3.29. The van der Waals surface area contributed by atoms with Crippen LogP contribution in [-0.2, 0) is 4.79 Å². The molecule has 0 aliphatic carbocycles. The molecule has 0 spiro atoms. The number of aliphatic hydroxyl groups excluding tert-OH is 1. The van der Waals surface area contributed by atoms with Gasteiger partial charge in [-0.25, -0.2) is 0 Å². The number of hydrogen-bond acceptors (Lipinski definition) is 2. The van der Waals surface area contributed by atoms with Crippen LogP contribution in [0.2, 0.25) is 0 Å². The van der Waals surface area contributed by atoms with E-state index in [1.807, 2.05) is 6.08 Å². The molecule has 0 aromatic rings. The van der Waals surface area contributed by atoms with Crippen LogP contribution in [0, 0.1) is 0 Å². The molecule has 0 rings (SSSR count). The first-order valence-electron chi connectivity index (χ1n) is 8.73. The van der Waals surface area contributed by atoms with E-state index in [9.17, 15) is 9.90 Å². The van der Waals surface area contributed by atoms with Crippen molar-refractivity contribution in [1.82, 2.24) is 0 Å². The van der Waals surface area contributed by atoms with Crippen molar-refractivity contribution in [2.24, 2.45) is 0 Å². The van der Waals surface area contributed by atoms with Crippen molar-refractivity contribution < 1.29 is 15.0 Å². The summed E-state index contributed by atoms with van der Waals surface area (Å²) in [5.41, 5.74) is 0. The maximum absolute atomic E-state index is 10.3. The van der Waals surface area contributed by atoms with Crippen molar-refractivity contribution in [3.8, 4) is 0 Å². The van der Waals surface area contributed by atoms with E-state index in [4.69, 9.17) is 5.11 Å². The fraction of sp³-hybridized carbons (Fsp3) is 0.833. The van der Waals surface area contributed by atoms with Crippen molar-refractivity contribution in [3.63, 3.8) is 0 Å². The Kier molecular flexibility index (Phi) is 14.9. The van der Waals surface area contributed by atoms with Gasteiger partial charge in [-0.05, 0) is 25.7 Å². The van der Waals surface area contributed by atoms with Gasteiger partial charge in [0.15, 0.2) is 0 Å². The average Bonchev–Trinajstić information content (AvgIpc) is 2.45. The summed E-state index contributed by atoms with van der Waals surface area (Å²) in [6, 6.07) is 0. The first-order valence-corrected chi connectivity index (χ1v) is 8.73. The topological polar surface area (TPSA) is 57.5 Å². The van der Waals surface area contributed by atoms with Crippen LogP contribution in [0.3, 0.4) is 0 Å². The fourth-order valence-electron chi connectivity index (χ4n) is 2.38. The fourth-order valence-corrected chi connectivity index (χ4v) is 2.38. The predicted molar refractivity (Wildman–Crippen MR) is 88.5 cm³/mol. The molecular weight excluding hydrogens is 264 g/mol. The molecule has 0 fully saturated rings. The van der Waals surface area contributed by atoms with Crippen LogP contribution in [0.5, 0.6) is 0 Å². The molecule has 0 amide bonds. The zero-order valence-corrected chi connectivity index (χ0v) is 13.7. The van der Waals surface area contributed by atoms with E-state index < -0.39 is 5.97 Å².